The molecule has 4 saturated carbocycles. The summed E-state index contributed by atoms with van der Waals surface area (Å²) in [5.41, 5.74) is 13.7. The van der Waals surface area contributed by atoms with Gasteiger partial charge in [-0.25, -0.2) is 0 Å². The van der Waals surface area contributed by atoms with Gasteiger partial charge in [-0.2, -0.15) is 0 Å². The van der Waals surface area contributed by atoms with Crippen molar-refractivity contribution in [1.29, 1.82) is 0 Å². The van der Waals surface area contributed by atoms with Crippen LogP contribution in [0.3, 0.4) is 0 Å². The first-order valence-electron chi connectivity index (χ1n) is 32.9. The SMILES string of the molecule is CCC[C@@]1(C)CCc2cc(O)c3c(c2O1)[C@@H]1CC[C@H]3C1.CCC[C@]1(C)CCc2cc(O)c3c(c2O1)[C@@H]1CC[C@H]3C1.C[C@@]1(CCC(=O)O)CCc2cc(O)c3c(c2O1)[C@H]1CC[C@@H]3C1.C[C@]1(CCC(=O)O)CCc2cc(O)c3c(c2O1)[C@H]1CC[C@@H]3C1. The molecular weight excluding hydrogens is 1060 g/mol. The number of benzene rings is 4. The molecule has 452 valence electrons. The average Bonchev–Trinajstić information content (AvgIpc) is 1.72. The van der Waals surface area contributed by atoms with E-state index in [4.69, 9.17) is 29.2 Å². The number of carboxylic acid groups (broad SMARTS) is 2. The number of aliphatic carboxylic acids is 2. The molecule has 12 heteroatoms. The number of phenols is 4. The van der Waals surface area contributed by atoms with E-state index >= 15 is 0 Å². The second-order valence-corrected chi connectivity index (χ2v) is 29.2. The molecule has 0 spiro atoms. The van der Waals surface area contributed by atoms with Crippen molar-refractivity contribution in [2.45, 2.75) is 291 Å². The first kappa shape index (κ1) is 57.3. The summed E-state index contributed by atoms with van der Waals surface area (Å²) < 4.78 is 25.7. The predicted molar refractivity (Wildman–Crippen MR) is 323 cm³/mol. The number of aryl methyl sites for hydroxylation is 4. The van der Waals surface area contributed by atoms with Crippen molar-refractivity contribution in [3.05, 3.63) is 91.0 Å². The van der Waals surface area contributed by atoms with Gasteiger partial charge < -0.3 is 49.6 Å². The van der Waals surface area contributed by atoms with Crippen LogP contribution in [-0.2, 0) is 35.3 Å². The van der Waals surface area contributed by atoms with Gasteiger partial charge in [0.15, 0.2) is 0 Å². The van der Waals surface area contributed by atoms with Crippen LogP contribution in [0.4, 0.5) is 0 Å². The highest BCUT2D eigenvalue weighted by Crippen LogP contribution is 2.65. The normalized spacial score (nSPS) is 32.5. The van der Waals surface area contributed by atoms with Crippen molar-refractivity contribution in [2.75, 3.05) is 0 Å². The second kappa shape index (κ2) is 21.6. The Kier molecular flexibility index (Phi) is 14.7. The summed E-state index contributed by atoms with van der Waals surface area (Å²) in [6.07, 6.45) is 27.9. The lowest BCUT2D eigenvalue weighted by molar-refractivity contribution is -0.139. The van der Waals surface area contributed by atoms with Gasteiger partial charge in [0.1, 0.15) is 68.4 Å². The van der Waals surface area contributed by atoms with E-state index in [-0.39, 0.29) is 24.0 Å². The number of hydrogen-bond donors (Lipinski definition) is 6. The van der Waals surface area contributed by atoms with Crippen LogP contribution >= 0.6 is 0 Å². The van der Waals surface area contributed by atoms with Crippen molar-refractivity contribution in [2.24, 2.45) is 0 Å². The first-order valence-corrected chi connectivity index (χ1v) is 32.9. The monoisotopic (exact) mass is 1150 g/mol. The number of carbonyl (C=O) groups is 2. The fourth-order valence-electron chi connectivity index (χ4n) is 18.8. The molecule has 0 aromatic heterocycles. The van der Waals surface area contributed by atoms with Crippen molar-refractivity contribution in [3.63, 3.8) is 0 Å². The molecule has 0 saturated heterocycles. The third-order valence-corrected chi connectivity index (χ3v) is 23.0. The van der Waals surface area contributed by atoms with Gasteiger partial charge in [-0.3, -0.25) is 9.59 Å². The molecule has 12 aliphatic rings. The van der Waals surface area contributed by atoms with E-state index in [1.54, 1.807) is 0 Å². The lowest BCUT2D eigenvalue weighted by Gasteiger charge is -2.38. The van der Waals surface area contributed by atoms with Gasteiger partial charge in [0.05, 0.1) is 0 Å². The van der Waals surface area contributed by atoms with Gasteiger partial charge >= 0.3 is 11.9 Å². The van der Waals surface area contributed by atoms with Crippen molar-refractivity contribution < 1.29 is 59.2 Å². The van der Waals surface area contributed by atoms with Gasteiger partial charge in [0.2, 0.25) is 0 Å². The maximum Gasteiger partial charge on any atom is 0.303 e. The molecule has 4 aliphatic heterocycles. The Morgan fingerprint density at radius 3 is 0.810 bits per heavy atom. The van der Waals surface area contributed by atoms with E-state index in [0.717, 1.165) is 135 Å². The molecule has 0 radical (unpaired) electrons. The largest absolute Gasteiger partial charge is 0.508 e. The molecule has 12 atom stereocenters. The maximum absolute atomic E-state index is 10.9. The highest BCUT2D eigenvalue weighted by Gasteiger charge is 2.49. The minimum absolute atomic E-state index is 0.00563. The topological polar surface area (TPSA) is 192 Å². The quantitative estimate of drug-likeness (QED) is 0.0882. The molecule has 4 heterocycles. The molecule has 6 N–H and O–H groups in total. The van der Waals surface area contributed by atoms with E-state index in [9.17, 15) is 30.0 Å². The lowest BCUT2D eigenvalue weighted by atomic mass is 9.83. The number of phenolic OH excluding ortho intramolecular Hbond substituents is 4. The Balaban J connectivity index is 0.000000105. The fourth-order valence-corrected chi connectivity index (χ4v) is 18.8. The van der Waals surface area contributed by atoms with Crippen LogP contribution in [0.2, 0.25) is 0 Å². The van der Waals surface area contributed by atoms with E-state index in [1.165, 1.54) is 109 Å². The van der Waals surface area contributed by atoms with E-state index in [1.807, 2.05) is 38.1 Å². The number of ether oxygens (including phenoxy) is 4. The molecule has 4 aromatic rings. The molecule has 4 aromatic carbocycles. The standard InChI is InChI=1S/2C18H22O4.2C18H24O2/c2*1-18(7-5-14(20)21)6-4-12-9-13(19)15-10-2-3-11(8-10)16(15)17(12)22-18;2*1-3-7-18(2)8-6-13-10-14(19)15-11-4-5-12(9-11)16(15)17(13)20-18/h2*9-11,19H,2-8H2,1H3,(H,20,21);2*10-12,19H,3-9H2,1-2H3/t10-,11+,18+;10-,11+,18-;11-,12+,18+;11-,12+,18-/m1100/s1. The number of carboxylic acids is 2. The highest BCUT2D eigenvalue weighted by atomic mass is 16.5. The summed E-state index contributed by atoms with van der Waals surface area (Å²) in [6.45, 7) is 13.0. The Morgan fingerprint density at radius 2 is 0.595 bits per heavy atom. The molecular formula is C72H92O12. The Labute approximate surface area is 497 Å². The van der Waals surface area contributed by atoms with Gasteiger partial charge in [0.25, 0.3) is 0 Å². The summed E-state index contributed by atoms with van der Waals surface area (Å²) in [6, 6.07) is 7.73. The van der Waals surface area contributed by atoms with Gasteiger partial charge in [-0.05, 0) is 276 Å². The summed E-state index contributed by atoms with van der Waals surface area (Å²) in [5.74, 6) is 9.08. The van der Waals surface area contributed by atoms with Crippen molar-refractivity contribution >= 4 is 11.9 Å². The fraction of sp³-hybridized carbons (Fsp3) is 0.639. The van der Waals surface area contributed by atoms with Gasteiger partial charge in [-0.1, -0.05) is 26.7 Å². The van der Waals surface area contributed by atoms with Crippen LogP contribution < -0.4 is 18.9 Å². The van der Waals surface area contributed by atoms with Crippen LogP contribution in [0.25, 0.3) is 0 Å². The average molecular weight is 1150 g/mol. The lowest BCUT2D eigenvalue weighted by Crippen LogP contribution is -2.37. The van der Waals surface area contributed by atoms with Crippen LogP contribution in [0.1, 0.15) is 310 Å². The van der Waals surface area contributed by atoms with Crippen molar-refractivity contribution in [1.82, 2.24) is 0 Å². The molecule has 16 rings (SSSR count). The zero-order chi connectivity index (χ0) is 58.8. The third kappa shape index (κ3) is 10.1. The summed E-state index contributed by atoms with van der Waals surface area (Å²) >= 11 is 0. The minimum atomic E-state index is -0.773. The number of rotatable bonds is 10. The predicted octanol–water partition coefficient (Wildman–Crippen LogP) is 16.7. The van der Waals surface area contributed by atoms with E-state index in [2.05, 4.69) is 27.7 Å². The van der Waals surface area contributed by atoms with Crippen LogP contribution in [0, 0.1) is 0 Å². The maximum atomic E-state index is 10.9. The van der Waals surface area contributed by atoms with Crippen LogP contribution in [0.5, 0.6) is 46.0 Å². The third-order valence-electron chi connectivity index (χ3n) is 23.0. The number of fused-ring (bicyclic) bond motifs is 28. The van der Waals surface area contributed by atoms with Crippen molar-refractivity contribution in [3.8, 4) is 46.0 Å². The molecule has 8 bridgehead atoms. The summed E-state index contributed by atoms with van der Waals surface area (Å²) in [5, 5.41) is 59.4. The Morgan fingerprint density at radius 1 is 0.381 bits per heavy atom. The Hall–Kier alpha value is -5.78. The zero-order valence-electron chi connectivity index (χ0n) is 50.9. The molecule has 84 heavy (non-hydrogen) atoms. The Bertz CT molecular complexity index is 3070. The highest BCUT2D eigenvalue weighted by molar-refractivity contribution is 5.68. The van der Waals surface area contributed by atoms with E-state index < -0.39 is 23.1 Å². The minimum Gasteiger partial charge on any atom is -0.508 e. The number of hydrogen-bond acceptors (Lipinski definition) is 10. The van der Waals surface area contributed by atoms with Gasteiger partial charge in [-0.15, -0.1) is 0 Å². The molecule has 12 nitrogen and oxygen atoms in total. The molecule has 0 unspecified atom stereocenters. The second-order valence-electron chi connectivity index (χ2n) is 29.2. The van der Waals surface area contributed by atoms with Gasteiger partial charge in [0, 0.05) is 57.3 Å². The van der Waals surface area contributed by atoms with E-state index in [0.29, 0.717) is 83.2 Å². The molecule has 0 amide bonds. The first-order chi connectivity index (χ1) is 40.2. The summed E-state index contributed by atoms with van der Waals surface area (Å²) in [4.78, 5) is 21.8. The molecule has 8 aliphatic carbocycles. The summed E-state index contributed by atoms with van der Waals surface area (Å²) in [7, 11) is 0. The van der Waals surface area contributed by atoms with Crippen LogP contribution in [0.15, 0.2) is 24.3 Å². The van der Waals surface area contributed by atoms with Crippen LogP contribution in [-0.4, -0.2) is 65.0 Å². The zero-order valence-corrected chi connectivity index (χ0v) is 50.9. The number of aromatic hydroxyl groups is 4. The molecule has 4 fully saturated rings. The smallest absolute Gasteiger partial charge is 0.303 e.